The molecule has 0 aromatic heterocycles. The monoisotopic (exact) mass is 406 g/mol. The van der Waals surface area contributed by atoms with Gasteiger partial charge in [-0.15, -0.1) is 0 Å². The first-order valence-corrected chi connectivity index (χ1v) is 9.19. The molecule has 0 aliphatic carbocycles. The molecule has 0 bridgehead atoms. The molecule has 0 saturated heterocycles. The smallest absolute Gasteiger partial charge is 0.161 e. The van der Waals surface area contributed by atoms with Crippen molar-refractivity contribution in [2.45, 2.75) is 26.7 Å². The molecule has 0 fully saturated rings. The van der Waals surface area contributed by atoms with Gasteiger partial charge in [-0.1, -0.05) is 57.8 Å². The Morgan fingerprint density at radius 3 is 2.20 bits per heavy atom. The summed E-state index contributed by atoms with van der Waals surface area (Å²) in [4.78, 5) is 0. The summed E-state index contributed by atoms with van der Waals surface area (Å²) in [6.07, 6.45) is 2.19. The van der Waals surface area contributed by atoms with Gasteiger partial charge in [-0.2, -0.15) is 0 Å². The highest BCUT2D eigenvalue weighted by Crippen LogP contribution is 2.35. The second-order valence-electron chi connectivity index (χ2n) is 5.61. The zero-order valence-corrected chi connectivity index (χ0v) is 15.7. The highest BCUT2D eigenvalue weighted by atomic mass is 79.9. The molecular weight excluding hydrogens is 384 g/mol. The molecule has 0 amide bonds. The molecule has 0 aliphatic rings. The van der Waals surface area contributed by atoms with Crippen molar-refractivity contribution < 1.29 is 9.47 Å². The highest BCUT2D eigenvalue weighted by molar-refractivity contribution is 9.09. The van der Waals surface area contributed by atoms with Crippen molar-refractivity contribution in [1.29, 1.82) is 0 Å². The molecule has 0 unspecified atom stereocenters. The lowest BCUT2D eigenvalue weighted by Gasteiger charge is -2.31. The van der Waals surface area contributed by atoms with E-state index in [1.165, 1.54) is 6.42 Å². The van der Waals surface area contributed by atoms with Crippen LogP contribution in [-0.4, -0.2) is 24.4 Å². The van der Waals surface area contributed by atoms with Crippen LogP contribution in [0.3, 0.4) is 0 Å². The molecule has 0 N–H and O–H groups in total. The summed E-state index contributed by atoms with van der Waals surface area (Å²) in [5.41, 5.74) is 0.246. The maximum atomic E-state index is 5.90. The Kier molecular flexibility index (Phi) is 7.96. The van der Waals surface area contributed by atoms with E-state index in [2.05, 4.69) is 45.7 Å². The van der Waals surface area contributed by atoms with Crippen molar-refractivity contribution in [1.82, 2.24) is 0 Å². The lowest BCUT2D eigenvalue weighted by molar-refractivity contribution is 0.205. The van der Waals surface area contributed by atoms with Crippen molar-refractivity contribution in [2.75, 3.05) is 24.4 Å². The van der Waals surface area contributed by atoms with Crippen LogP contribution >= 0.6 is 31.9 Å². The van der Waals surface area contributed by atoms with Crippen molar-refractivity contribution in [3.8, 4) is 11.5 Å². The Hall–Kier alpha value is -0.220. The molecule has 0 spiro atoms. The molecule has 20 heavy (non-hydrogen) atoms. The van der Waals surface area contributed by atoms with Gasteiger partial charge in [0.1, 0.15) is 0 Å². The Bertz CT molecular complexity index is 390. The summed E-state index contributed by atoms with van der Waals surface area (Å²) in [7, 11) is 1.67. The fourth-order valence-corrected chi connectivity index (χ4v) is 4.31. The normalized spacial score (nSPS) is 11.7. The van der Waals surface area contributed by atoms with Gasteiger partial charge in [0.15, 0.2) is 11.5 Å². The van der Waals surface area contributed by atoms with Crippen molar-refractivity contribution in [3.63, 3.8) is 0 Å². The zero-order valence-electron chi connectivity index (χ0n) is 12.5. The number of halogens is 2. The third-order valence-corrected chi connectivity index (χ3v) is 5.75. The molecule has 0 saturated carbocycles. The van der Waals surface area contributed by atoms with Crippen LogP contribution < -0.4 is 9.47 Å². The number of hydrogen-bond acceptors (Lipinski definition) is 2. The molecule has 114 valence electrons. The molecule has 0 radical (unpaired) electrons. The van der Waals surface area contributed by atoms with Crippen LogP contribution in [0.5, 0.6) is 11.5 Å². The third-order valence-electron chi connectivity index (χ3n) is 3.37. The predicted octanol–water partition coefficient (Wildman–Crippen LogP) is 5.29. The molecule has 1 rings (SSSR count). The average Bonchev–Trinajstić information content (AvgIpc) is 2.46. The van der Waals surface area contributed by atoms with Crippen LogP contribution in [0.4, 0.5) is 0 Å². The summed E-state index contributed by atoms with van der Waals surface area (Å²) in [5.74, 6) is 2.29. The number of benzene rings is 1. The second kappa shape index (κ2) is 8.93. The van der Waals surface area contributed by atoms with Crippen LogP contribution in [0.2, 0.25) is 0 Å². The van der Waals surface area contributed by atoms with Crippen molar-refractivity contribution >= 4 is 31.9 Å². The van der Waals surface area contributed by atoms with Crippen LogP contribution in [0.15, 0.2) is 24.3 Å². The van der Waals surface area contributed by atoms with Gasteiger partial charge in [0.2, 0.25) is 0 Å². The maximum absolute atomic E-state index is 5.90. The number of alkyl halides is 2. The number of methoxy groups -OCH3 is 1. The van der Waals surface area contributed by atoms with Gasteiger partial charge in [0, 0.05) is 10.7 Å². The number of hydrogen-bond donors (Lipinski definition) is 0. The van der Waals surface area contributed by atoms with Crippen molar-refractivity contribution in [3.05, 3.63) is 24.3 Å². The molecule has 0 atom stereocenters. The average molecular weight is 408 g/mol. The molecule has 1 aromatic rings. The minimum atomic E-state index is 0.246. The quantitative estimate of drug-likeness (QED) is 0.518. The topological polar surface area (TPSA) is 18.5 Å². The highest BCUT2D eigenvalue weighted by Gasteiger charge is 2.28. The molecule has 0 heterocycles. The summed E-state index contributed by atoms with van der Waals surface area (Å²) < 4.78 is 11.2. The van der Waals surface area contributed by atoms with E-state index in [-0.39, 0.29) is 5.41 Å². The van der Waals surface area contributed by atoms with Gasteiger partial charge in [-0.25, -0.2) is 0 Å². The van der Waals surface area contributed by atoms with E-state index in [1.807, 2.05) is 24.3 Å². The summed E-state index contributed by atoms with van der Waals surface area (Å²) in [5, 5.41) is 1.97. The minimum Gasteiger partial charge on any atom is -0.493 e. The Balaban J connectivity index is 2.60. The standard InChI is InChI=1S/C16H24Br2O2/c1-13(2)10-16(11-17,12-18)8-9-20-15-7-5-4-6-14(15)19-3/h4-7,13H,8-12H2,1-3H3. The second-order valence-corrected chi connectivity index (χ2v) is 6.74. The van der Waals surface area contributed by atoms with E-state index in [9.17, 15) is 0 Å². The third kappa shape index (κ3) is 5.28. The predicted molar refractivity (Wildman–Crippen MR) is 92.6 cm³/mol. The first kappa shape index (κ1) is 17.8. The van der Waals surface area contributed by atoms with E-state index in [0.717, 1.165) is 28.6 Å². The Morgan fingerprint density at radius 2 is 1.70 bits per heavy atom. The minimum absolute atomic E-state index is 0.246. The van der Waals surface area contributed by atoms with Crippen molar-refractivity contribution in [2.24, 2.45) is 11.3 Å². The maximum Gasteiger partial charge on any atom is 0.161 e. The molecular formula is C16H24Br2O2. The van der Waals surface area contributed by atoms with Gasteiger partial charge >= 0.3 is 0 Å². The van der Waals surface area contributed by atoms with E-state index in [1.54, 1.807) is 7.11 Å². The Morgan fingerprint density at radius 1 is 1.10 bits per heavy atom. The fourth-order valence-electron chi connectivity index (χ4n) is 2.36. The van der Waals surface area contributed by atoms with Gasteiger partial charge in [0.05, 0.1) is 13.7 Å². The summed E-state index contributed by atoms with van der Waals surface area (Å²) in [6, 6.07) is 7.79. The Labute approximate surface area is 139 Å². The van der Waals surface area contributed by atoms with Gasteiger partial charge < -0.3 is 9.47 Å². The van der Waals surface area contributed by atoms with E-state index in [0.29, 0.717) is 12.5 Å². The van der Waals surface area contributed by atoms with Crippen LogP contribution in [-0.2, 0) is 0 Å². The summed E-state index contributed by atoms with van der Waals surface area (Å²) in [6.45, 7) is 5.23. The number of ether oxygens (including phenoxy) is 2. The molecule has 2 nitrogen and oxygen atoms in total. The molecule has 0 aliphatic heterocycles. The van der Waals surface area contributed by atoms with Gasteiger partial charge in [-0.3, -0.25) is 0 Å². The zero-order chi connectivity index (χ0) is 15.0. The number of para-hydroxylation sites is 2. The fraction of sp³-hybridized carbons (Fsp3) is 0.625. The van der Waals surface area contributed by atoms with E-state index in [4.69, 9.17) is 9.47 Å². The van der Waals surface area contributed by atoms with Crippen LogP contribution in [0.25, 0.3) is 0 Å². The lowest BCUT2D eigenvalue weighted by Crippen LogP contribution is -2.29. The van der Waals surface area contributed by atoms with Crippen LogP contribution in [0, 0.1) is 11.3 Å². The molecule has 4 heteroatoms. The summed E-state index contributed by atoms with van der Waals surface area (Å²) >= 11 is 7.33. The first-order valence-electron chi connectivity index (χ1n) is 6.94. The van der Waals surface area contributed by atoms with Gasteiger partial charge in [0.25, 0.3) is 0 Å². The van der Waals surface area contributed by atoms with Gasteiger partial charge in [-0.05, 0) is 36.3 Å². The SMILES string of the molecule is COc1ccccc1OCCC(CBr)(CBr)CC(C)C. The van der Waals surface area contributed by atoms with Crippen LogP contribution in [0.1, 0.15) is 26.7 Å². The van der Waals surface area contributed by atoms with E-state index < -0.39 is 0 Å². The first-order chi connectivity index (χ1) is 9.56. The lowest BCUT2D eigenvalue weighted by atomic mass is 9.81. The largest absolute Gasteiger partial charge is 0.493 e. The molecule has 1 aromatic carbocycles. The number of rotatable bonds is 9. The van der Waals surface area contributed by atoms with E-state index >= 15 is 0 Å².